The summed E-state index contributed by atoms with van der Waals surface area (Å²) >= 11 is 0. The number of nitrogen functional groups attached to an aromatic ring is 1. The largest absolute Gasteiger partial charge is 0.394 e. The normalized spacial score (nSPS) is 15.2. The number of ether oxygens (including phenoxy) is 1. The first-order valence-corrected chi connectivity index (χ1v) is 10.6. The van der Waals surface area contributed by atoms with Crippen LogP contribution in [0, 0.1) is 5.92 Å². The number of unbranched alkanes of at least 4 members (excludes halogenated alkanes) is 2. The van der Waals surface area contributed by atoms with Gasteiger partial charge in [-0.25, -0.2) is 4.79 Å². The van der Waals surface area contributed by atoms with Crippen molar-refractivity contribution in [2.45, 2.75) is 52.2 Å². The van der Waals surface area contributed by atoms with Gasteiger partial charge in [0.05, 0.1) is 19.3 Å². The van der Waals surface area contributed by atoms with Crippen molar-refractivity contribution in [1.29, 1.82) is 0 Å². The standard InChI is InChI=1S/C16H30N3O5P/c1-13(2)6-4-3-5-9-25(22,23)12-24-14(11-20)10-19-8-7-15(17)18-16(19)21/h7-8,13-14,20H,3-6,9-12H2,1-2H3,(H,22,23)(H2,17,18,21)/t14-/m0/s1. The third kappa shape index (κ3) is 9.16. The molecule has 0 saturated carbocycles. The summed E-state index contributed by atoms with van der Waals surface area (Å²) in [5.74, 6) is 0.751. The quantitative estimate of drug-likeness (QED) is 0.374. The van der Waals surface area contributed by atoms with Crippen LogP contribution in [-0.4, -0.2) is 44.8 Å². The second kappa shape index (κ2) is 10.7. The van der Waals surface area contributed by atoms with E-state index in [0.29, 0.717) is 12.3 Å². The Morgan fingerprint density at radius 1 is 1.36 bits per heavy atom. The highest BCUT2D eigenvalue weighted by Crippen LogP contribution is 2.41. The Labute approximate surface area is 148 Å². The van der Waals surface area contributed by atoms with Gasteiger partial charge in [0, 0.05) is 12.4 Å². The van der Waals surface area contributed by atoms with E-state index in [1.54, 1.807) is 0 Å². The van der Waals surface area contributed by atoms with Crippen LogP contribution in [0.1, 0.15) is 39.5 Å². The summed E-state index contributed by atoms with van der Waals surface area (Å²) in [6.07, 6.45) is 4.31. The lowest BCUT2D eigenvalue weighted by Crippen LogP contribution is -2.32. The molecule has 0 spiro atoms. The zero-order valence-electron chi connectivity index (χ0n) is 15.0. The second-order valence-corrected chi connectivity index (χ2v) is 9.10. The summed E-state index contributed by atoms with van der Waals surface area (Å²) in [5, 5.41) is 9.37. The van der Waals surface area contributed by atoms with E-state index in [1.807, 2.05) is 0 Å². The van der Waals surface area contributed by atoms with Crippen LogP contribution < -0.4 is 11.4 Å². The molecule has 0 aliphatic heterocycles. The first kappa shape index (κ1) is 21.8. The molecule has 0 aliphatic carbocycles. The molecule has 25 heavy (non-hydrogen) atoms. The molecule has 0 amide bonds. The Morgan fingerprint density at radius 2 is 2.08 bits per heavy atom. The number of aliphatic hydroxyl groups is 1. The maximum Gasteiger partial charge on any atom is 0.349 e. The molecule has 0 radical (unpaired) electrons. The van der Waals surface area contributed by atoms with Crippen molar-refractivity contribution in [3.05, 3.63) is 22.7 Å². The van der Waals surface area contributed by atoms with E-state index in [4.69, 9.17) is 10.5 Å². The predicted octanol–water partition coefficient (Wildman–Crippen LogP) is 1.65. The molecule has 0 fully saturated rings. The van der Waals surface area contributed by atoms with E-state index >= 15 is 0 Å². The van der Waals surface area contributed by atoms with Crippen molar-refractivity contribution in [1.82, 2.24) is 9.55 Å². The van der Waals surface area contributed by atoms with Gasteiger partial charge in [0.25, 0.3) is 0 Å². The lowest BCUT2D eigenvalue weighted by atomic mass is 10.1. The number of nitrogens with zero attached hydrogens (tertiary/aromatic N) is 2. The van der Waals surface area contributed by atoms with Crippen LogP contribution in [-0.2, 0) is 15.8 Å². The van der Waals surface area contributed by atoms with Crippen LogP contribution in [0.15, 0.2) is 17.1 Å². The SMILES string of the molecule is CC(C)CCCCCP(=O)(O)CO[C@H](CO)Cn1ccc(N)nc1=O. The van der Waals surface area contributed by atoms with Crippen molar-refractivity contribution >= 4 is 13.2 Å². The Bertz CT molecular complexity index is 620. The van der Waals surface area contributed by atoms with Crippen LogP contribution in [0.3, 0.4) is 0 Å². The van der Waals surface area contributed by atoms with Crippen LogP contribution in [0.5, 0.6) is 0 Å². The van der Waals surface area contributed by atoms with Gasteiger partial charge in [-0.3, -0.25) is 9.13 Å². The summed E-state index contributed by atoms with van der Waals surface area (Å²) in [6, 6.07) is 1.46. The molecule has 1 heterocycles. The van der Waals surface area contributed by atoms with E-state index in [0.717, 1.165) is 19.3 Å². The molecular weight excluding hydrogens is 345 g/mol. The maximum absolute atomic E-state index is 12.1. The Kier molecular flexibility index (Phi) is 9.35. The fourth-order valence-corrected chi connectivity index (χ4v) is 3.63. The fraction of sp³-hybridized carbons (Fsp3) is 0.750. The zero-order valence-corrected chi connectivity index (χ0v) is 15.9. The van der Waals surface area contributed by atoms with Crippen LogP contribution in [0.4, 0.5) is 5.82 Å². The molecule has 4 N–H and O–H groups in total. The van der Waals surface area contributed by atoms with Gasteiger partial charge in [0.2, 0.25) is 7.37 Å². The molecule has 1 unspecified atom stereocenters. The van der Waals surface area contributed by atoms with Crippen LogP contribution >= 0.6 is 7.37 Å². The molecule has 0 aliphatic rings. The van der Waals surface area contributed by atoms with Crippen LogP contribution in [0.25, 0.3) is 0 Å². The summed E-state index contributed by atoms with van der Waals surface area (Å²) < 4.78 is 18.7. The predicted molar refractivity (Wildman–Crippen MR) is 97.7 cm³/mol. The van der Waals surface area contributed by atoms with E-state index < -0.39 is 19.2 Å². The van der Waals surface area contributed by atoms with Crippen molar-refractivity contribution in [3.8, 4) is 0 Å². The number of hydrogen-bond donors (Lipinski definition) is 3. The van der Waals surface area contributed by atoms with Crippen molar-refractivity contribution in [2.24, 2.45) is 5.92 Å². The zero-order chi connectivity index (χ0) is 18.9. The topological polar surface area (TPSA) is 128 Å². The first-order valence-electron chi connectivity index (χ1n) is 8.60. The van der Waals surface area contributed by atoms with E-state index in [1.165, 1.54) is 16.8 Å². The van der Waals surface area contributed by atoms with Crippen molar-refractivity contribution < 1.29 is 19.3 Å². The number of anilines is 1. The Balaban J connectivity index is 2.41. The van der Waals surface area contributed by atoms with Gasteiger partial charge < -0.3 is 20.5 Å². The molecule has 0 aromatic carbocycles. The minimum atomic E-state index is -3.40. The van der Waals surface area contributed by atoms with Gasteiger partial charge in [-0.2, -0.15) is 4.98 Å². The lowest BCUT2D eigenvalue weighted by Gasteiger charge is -2.19. The lowest BCUT2D eigenvalue weighted by molar-refractivity contribution is 0.0222. The van der Waals surface area contributed by atoms with Gasteiger partial charge in [-0.05, 0) is 18.4 Å². The minimum absolute atomic E-state index is 0.0387. The molecule has 1 aromatic rings. The van der Waals surface area contributed by atoms with Crippen molar-refractivity contribution in [2.75, 3.05) is 24.9 Å². The summed E-state index contributed by atoms with van der Waals surface area (Å²) in [6.45, 7) is 3.98. The van der Waals surface area contributed by atoms with Gasteiger partial charge in [0.1, 0.15) is 12.2 Å². The van der Waals surface area contributed by atoms with E-state index in [2.05, 4.69) is 18.8 Å². The highest BCUT2D eigenvalue weighted by molar-refractivity contribution is 7.57. The average Bonchev–Trinajstić information content (AvgIpc) is 2.52. The smallest absolute Gasteiger partial charge is 0.349 e. The number of hydrogen-bond acceptors (Lipinski definition) is 6. The molecule has 0 saturated heterocycles. The molecular formula is C16H30N3O5P. The van der Waals surface area contributed by atoms with Crippen LogP contribution in [0.2, 0.25) is 0 Å². The monoisotopic (exact) mass is 375 g/mol. The van der Waals surface area contributed by atoms with Gasteiger partial charge in [-0.15, -0.1) is 0 Å². The van der Waals surface area contributed by atoms with Gasteiger partial charge in [-0.1, -0.05) is 33.1 Å². The second-order valence-electron chi connectivity index (χ2n) is 6.70. The average molecular weight is 375 g/mol. The Hall–Kier alpha value is -1.21. The number of aromatic nitrogens is 2. The molecule has 0 bridgehead atoms. The number of aliphatic hydroxyl groups excluding tert-OH is 1. The molecule has 9 heteroatoms. The third-order valence-corrected chi connectivity index (χ3v) is 5.37. The van der Waals surface area contributed by atoms with Crippen molar-refractivity contribution in [3.63, 3.8) is 0 Å². The summed E-state index contributed by atoms with van der Waals surface area (Å²) in [5.41, 5.74) is 4.86. The van der Waals surface area contributed by atoms with Gasteiger partial charge >= 0.3 is 5.69 Å². The van der Waals surface area contributed by atoms with E-state index in [9.17, 15) is 19.4 Å². The fourth-order valence-electron chi connectivity index (χ4n) is 2.34. The maximum atomic E-state index is 12.1. The third-order valence-electron chi connectivity index (χ3n) is 3.80. The molecule has 1 aromatic heterocycles. The molecule has 2 atom stereocenters. The first-order chi connectivity index (χ1) is 11.7. The van der Waals surface area contributed by atoms with E-state index in [-0.39, 0.29) is 31.5 Å². The Morgan fingerprint density at radius 3 is 2.68 bits per heavy atom. The van der Waals surface area contributed by atoms with Gasteiger partial charge in [0.15, 0.2) is 0 Å². The highest BCUT2D eigenvalue weighted by Gasteiger charge is 2.21. The molecule has 1 rings (SSSR count). The summed E-state index contributed by atoms with van der Waals surface area (Å²) in [4.78, 5) is 25.2. The number of rotatable bonds is 12. The number of nitrogens with two attached hydrogens (primary N) is 1. The molecule has 8 nitrogen and oxygen atoms in total. The highest BCUT2D eigenvalue weighted by atomic mass is 31.2. The minimum Gasteiger partial charge on any atom is -0.394 e. The molecule has 144 valence electrons. The summed E-state index contributed by atoms with van der Waals surface area (Å²) in [7, 11) is -3.40.